The highest BCUT2D eigenvalue weighted by Crippen LogP contribution is 2.23. The number of carbonyl (C=O) groups is 1. The minimum Gasteiger partial charge on any atom is -0.338 e. The van der Waals surface area contributed by atoms with Crippen molar-refractivity contribution in [1.82, 2.24) is 4.90 Å². The Labute approximate surface area is 117 Å². The molecule has 0 aliphatic heterocycles. The van der Waals surface area contributed by atoms with Crippen LogP contribution in [-0.2, 0) is 0 Å². The third-order valence-corrected chi connectivity index (χ3v) is 3.29. The molecular weight excluding hydrogens is 271 g/mol. The first-order valence-corrected chi connectivity index (χ1v) is 6.39. The average molecular weight is 285 g/mol. The van der Waals surface area contributed by atoms with Crippen LogP contribution in [0.25, 0.3) is 0 Å². The van der Waals surface area contributed by atoms with Gasteiger partial charge in [0.2, 0.25) is 0 Å². The Morgan fingerprint density at radius 3 is 2.61 bits per heavy atom. The molecule has 0 aliphatic carbocycles. The summed E-state index contributed by atoms with van der Waals surface area (Å²) in [4.78, 5) is 13.8. The van der Waals surface area contributed by atoms with E-state index < -0.39 is 0 Å². The SMILES string of the molecule is CCN(C[C@@H](C)C#N)C(=O)c1ccc(Cl)c(Cl)c1. The van der Waals surface area contributed by atoms with Crippen LogP contribution in [0.2, 0.25) is 10.0 Å². The summed E-state index contributed by atoms with van der Waals surface area (Å²) >= 11 is 11.7. The Hall–Kier alpha value is -1.24. The molecule has 1 rings (SSSR count). The Morgan fingerprint density at radius 2 is 2.11 bits per heavy atom. The van der Waals surface area contributed by atoms with E-state index >= 15 is 0 Å². The zero-order valence-corrected chi connectivity index (χ0v) is 11.8. The monoisotopic (exact) mass is 284 g/mol. The maximum Gasteiger partial charge on any atom is 0.253 e. The summed E-state index contributed by atoms with van der Waals surface area (Å²) < 4.78 is 0. The largest absolute Gasteiger partial charge is 0.338 e. The highest BCUT2D eigenvalue weighted by atomic mass is 35.5. The van der Waals surface area contributed by atoms with Gasteiger partial charge >= 0.3 is 0 Å². The number of halogens is 2. The lowest BCUT2D eigenvalue weighted by Gasteiger charge is -2.22. The molecule has 0 aliphatic rings. The second-order valence-electron chi connectivity index (χ2n) is 4.00. The van der Waals surface area contributed by atoms with Crippen molar-refractivity contribution in [3.8, 4) is 6.07 Å². The molecule has 0 spiro atoms. The predicted molar refractivity (Wildman–Crippen MR) is 72.8 cm³/mol. The quantitative estimate of drug-likeness (QED) is 0.848. The van der Waals surface area contributed by atoms with Crippen molar-refractivity contribution in [2.24, 2.45) is 5.92 Å². The molecule has 0 saturated carbocycles. The number of rotatable bonds is 4. The summed E-state index contributed by atoms with van der Waals surface area (Å²) in [6.45, 7) is 4.61. The van der Waals surface area contributed by atoms with Crippen LogP contribution in [-0.4, -0.2) is 23.9 Å². The standard InChI is InChI=1S/C13H14Cl2N2O/c1-3-17(8-9(2)7-16)13(18)10-4-5-11(14)12(15)6-10/h4-6,9H,3,8H2,1-2H3/t9-/m0/s1. The van der Waals surface area contributed by atoms with Crippen LogP contribution in [0.4, 0.5) is 0 Å². The zero-order valence-electron chi connectivity index (χ0n) is 10.3. The first-order chi connectivity index (χ1) is 8.49. The van der Waals surface area contributed by atoms with Crippen LogP contribution < -0.4 is 0 Å². The van der Waals surface area contributed by atoms with E-state index in [1.165, 1.54) is 0 Å². The number of nitrogens with zero attached hydrogens (tertiary/aromatic N) is 2. The van der Waals surface area contributed by atoms with Gasteiger partial charge in [0.15, 0.2) is 0 Å². The van der Waals surface area contributed by atoms with Gasteiger partial charge in [-0.2, -0.15) is 5.26 Å². The van der Waals surface area contributed by atoms with Crippen LogP contribution in [0.3, 0.4) is 0 Å². The smallest absolute Gasteiger partial charge is 0.253 e. The third-order valence-electron chi connectivity index (χ3n) is 2.55. The molecule has 1 amide bonds. The highest BCUT2D eigenvalue weighted by molar-refractivity contribution is 6.42. The lowest BCUT2D eigenvalue weighted by molar-refractivity contribution is 0.0752. The van der Waals surface area contributed by atoms with Crippen LogP contribution in [0.5, 0.6) is 0 Å². The van der Waals surface area contributed by atoms with Crippen molar-refractivity contribution < 1.29 is 4.79 Å². The van der Waals surface area contributed by atoms with Gasteiger partial charge in [-0.1, -0.05) is 23.2 Å². The molecule has 1 aromatic carbocycles. The Morgan fingerprint density at radius 1 is 1.44 bits per heavy atom. The molecule has 0 unspecified atom stereocenters. The molecule has 0 radical (unpaired) electrons. The first-order valence-electron chi connectivity index (χ1n) is 5.63. The molecule has 0 heterocycles. The maximum absolute atomic E-state index is 12.2. The van der Waals surface area contributed by atoms with Crippen molar-refractivity contribution in [2.45, 2.75) is 13.8 Å². The molecule has 0 saturated heterocycles. The van der Waals surface area contributed by atoms with Gasteiger partial charge in [0.05, 0.1) is 22.0 Å². The van der Waals surface area contributed by atoms with Crippen molar-refractivity contribution in [2.75, 3.05) is 13.1 Å². The van der Waals surface area contributed by atoms with Crippen LogP contribution in [0, 0.1) is 17.2 Å². The summed E-state index contributed by atoms with van der Waals surface area (Å²) in [7, 11) is 0. The van der Waals surface area contributed by atoms with E-state index in [1.54, 1.807) is 30.0 Å². The van der Waals surface area contributed by atoms with E-state index in [0.29, 0.717) is 28.7 Å². The summed E-state index contributed by atoms with van der Waals surface area (Å²) in [5, 5.41) is 9.56. The number of benzene rings is 1. The summed E-state index contributed by atoms with van der Waals surface area (Å²) in [5.74, 6) is -0.338. The van der Waals surface area contributed by atoms with Gasteiger partial charge in [-0.15, -0.1) is 0 Å². The molecule has 18 heavy (non-hydrogen) atoms. The molecule has 0 aromatic heterocycles. The zero-order chi connectivity index (χ0) is 13.7. The van der Waals surface area contributed by atoms with Crippen LogP contribution >= 0.6 is 23.2 Å². The van der Waals surface area contributed by atoms with Gasteiger partial charge < -0.3 is 4.90 Å². The third kappa shape index (κ3) is 3.63. The van der Waals surface area contributed by atoms with Crippen molar-refractivity contribution in [3.63, 3.8) is 0 Å². The molecule has 0 bridgehead atoms. The molecule has 0 N–H and O–H groups in total. The van der Waals surface area contributed by atoms with E-state index in [1.807, 2.05) is 6.92 Å². The summed E-state index contributed by atoms with van der Waals surface area (Å²) in [5.41, 5.74) is 0.483. The molecule has 5 heteroatoms. The maximum atomic E-state index is 12.2. The molecule has 0 fully saturated rings. The summed E-state index contributed by atoms with van der Waals surface area (Å²) in [6.07, 6.45) is 0. The van der Waals surface area contributed by atoms with E-state index in [2.05, 4.69) is 6.07 Å². The fourth-order valence-electron chi connectivity index (χ4n) is 1.54. The molecule has 96 valence electrons. The Kier molecular flexibility index (Phi) is 5.46. The van der Waals surface area contributed by atoms with Crippen molar-refractivity contribution in [3.05, 3.63) is 33.8 Å². The highest BCUT2D eigenvalue weighted by Gasteiger charge is 2.17. The van der Waals surface area contributed by atoms with Gasteiger partial charge in [-0.05, 0) is 32.0 Å². The molecule has 3 nitrogen and oxygen atoms in total. The van der Waals surface area contributed by atoms with Gasteiger partial charge in [0.1, 0.15) is 0 Å². The van der Waals surface area contributed by atoms with E-state index in [4.69, 9.17) is 28.5 Å². The van der Waals surface area contributed by atoms with Crippen molar-refractivity contribution in [1.29, 1.82) is 5.26 Å². The molecule has 1 aromatic rings. The average Bonchev–Trinajstić information content (AvgIpc) is 2.38. The number of hydrogen-bond donors (Lipinski definition) is 0. The van der Waals surface area contributed by atoms with Gasteiger partial charge in [-0.25, -0.2) is 0 Å². The number of amides is 1. The fourth-order valence-corrected chi connectivity index (χ4v) is 1.84. The van der Waals surface area contributed by atoms with Gasteiger partial charge in [0.25, 0.3) is 5.91 Å². The van der Waals surface area contributed by atoms with Crippen LogP contribution in [0.15, 0.2) is 18.2 Å². The minimum atomic E-state index is -0.198. The topological polar surface area (TPSA) is 44.1 Å². The lowest BCUT2D eigenvalue weighted by Crippen LogP contribution is -2.34. The predicted octanol–water partition coefficient (Wildman–Crippen LogP) is 3.62. The number of hydrogen-bond acceptors (Lipinski definition) is 2. The minimum absolute atomic E-state index is 0.141. The van der Waals surface area contributed by atoms with E-state index in [0.717, 1.165) is 0 Å². The van der Waals surface area contributed by atoms with Crippen LogP contribution in [0.1, 0.15) is 24.2 Å². The first kappa shape index (κ1) is 14.8. The number of carbonyl (C=O) groups excluding carboxylic acids is 1. The molecule has 1 atom stereocenters. The normalized spacial score (nSPS) is 11.7. The van der Waals surface area contributed by atoms with Crippen molar-refractivity contribution >= 4 is 29.1 Å². The second-order valence-corrected chi connectivity index (χ2v) is 4.82. The Bertz CT molecular complexity index is 482. The second kappa shape index (κ2) is 6.63. The molecular formula is C13H14Cl2N2O. The van der Waals surface area contributed by atoms with E-state index in [9.17, 15) is 4.79 Å². The lowest BCUT2D eigenvalue weighted by atomic mass is 10.1. The van der Waals surface area contributed by atoms with Gasteiger partial charge in [0, 0.05) is 18.7 Å². The summed E-state index contributed by atoms with van der Waals surface area (Å²) in [6, 6.07) is 6.89. The van der Waals surface area contributed by atoms with E-state index in [-0.39, 0.29) is 11.8 Å². The number of nitriles is 1. The fraction of sp³-hybridized carbons (Fsp3) is 0.385. The Balaban J connectivity index is 2.90. The van der Waals surface area contributed by atoms with Gasteiger partial charge in [-0.3, -0.25) is 4.79 Å².